The topological polar surface area (TPSA) is 108 Å². The highest BCUT2D eigenvalue weighted by molar-refractivity contribution is 6.21. The van der Waals surface area contributed by atoms with E-state index in [1.165, 1.54) is 11.1 Å². The number of aliphatic hydroxyl groups excluding tert-OH is 1. The van der Waals surface area contributed by atoms with Crippen molar-refractivity contribution in [3.63, 3.8) is 0 Å². The second-order valence-corrected chi connectivity index (χ2v) is 16.0. The summed E-state index contributed by atoms with van der Waals surface area (Å²) in [6.45, 7) is 15.9. The van der Waals surface area contributed by atoms with Crippen molar-refractivity contribution in [3.8, 4) is 11.8 Å². The van der Waals surface area contributed by atoms with Crippen molar-refractivity contribution >= 4 is 23.0 Å². The van der Waals surface area contributed by atoms with E-state index in [4.69, 9.17) is 19.7 Å². The molecule has 1 saturated heterocycles. The van der Waals surface area contributed by atoms with E-state index < -0.39 is 0 Å². The number of ether oxygens (including phenoxy) is 1. The first kappa shape index (κ1) is 38.8. The van der Waals surface area contributed by atoms with Gasteiger partial charge in [-0.25, -0.2) is 15.0 Å². The fourth-order valence-electron chi connectivity index (χ4n) is 8.78. The third-order valence-electron chi connectivity index (χ3n) is 12.2. The summed E-state index contributed by atoms with van der Waals surface area (Å²) in [5.74, 6) is 6.51. The number of aliphatic imine (C=N–C) groups is 3. The predicted molar refractivity (Wildman–Crippen MR) is 233 cm³/mol. The van der Waals surface area contributed by atoms with Gasteiger partial charge in [0.15, 0.2) is 0 Å². The van der Waals surface area contributed by atoms with Gasteiger partial charge in [-0.15, -0.1) is 5.92 Å². The molecule has 0 spiro atoms. The van der Waals surface area contributed by atoms with Gasteiger partial charge in [-0.1, -0.05) is 61.7 Å². The van der Waals surface area contributed by atoms with E-state index >= 15 is 0 Å². The van der Waals surface area contributed by atoms with Crippen LogP contribution in [-0.2, 0) is 22.7 Å². The molecule has 8 nitrogen and oxygen atoms in total. The number of carbonyl (C=O) groups is 1. The molecule has 3 N–H and O–H groups in total. The molecule has 1 amide bonds. The highest BCUT2D eigenvalue weighted by atomic mass is 16.5. The van der Waals surface area contributed by atoms with E-state index in [2.05, 4.69) is 112 Å². The number of hydrogen-bond donors (Lipinski definition) is 3. The Hall–Kier alpha value is -6.04. The standard InChI is InChI=1S/C50H51N5O3/c1-8-11-33-12-10-13-35(20-33)26-58-27-39-31(6)40-22-42-30(5)37(18-19-47(57)51-25-34-16-14-28(3)15-17-34)49(54-42)38-21-46(56)48-32(7)43(55-50(38)48)24-44-36(9-2)29(4)41(52-44)23-45(39)53-40/h10,12-17,20,22-24,30,37,54,56H,9,18-19,21,25-27H2,1-7H3,(H,51,57)/t30?,37-/m0/s1. The molecule has 0 saturated carbocycles. The summed E-state index contributed by atoms with van der Waals surface area (Å²) in [7, 11) is 0. The van der Waals surface area contributed by atoms with Crippen LogP contribution in [0, 0.1) is 30.6 Å². The number of benzene rings is 2. The quantitative estimate of drug-likeness (QED) is 0.209. The van der Waals surface area contributed by atoms with Gasteiger partial charge < -0.3 is 20.5 Å². The Morgan fingerprint density at radius 1 is 0.914 bits per heavy atom. The van der Waals surface area contributed by atoms with Crippen molar-refractivity contribution in [2.75, 3.05) is 6.61 Å². The molecule has 2 atom stereocenters. The smallest absolute Gasteiger partial charge is 0.220 e. The van der Waals surface area contributed by atoms with E-state index in [0.717, 1.165) is 102 Å². The lowest BCUT2D eigenvalue weighted by Crippen LogP contribution is -2.24. The lowest BCUT2D eigenvalue weighted by atomic mass is 9.86. The van der Waals surface area contributed by atoms with E-state index in [1.54, 1.807) is 0 Å². The van der Waals surface area contributed by atoms with Gasteiger partial charge >= 0.3 is 0 Å². The molecule has 8 heteroatoms. The van der Waals surface area contributed by atoms with E-state index in [9.17, 15) is 9.90 Å². The minimum atomic E-state index is -0.00395. The van der Waals surface area contributed by atoms with Gasteiger partial charge in [0.05, 0.1) is 47.4 Å². The number of allylic oxidation sites excluding steroid dienone is 11. The summed E-state index contributed by atoms with van der Waals surface area (Å²) >= 11 is 0. The minimum absolute atomic E-state index is 0.00395. The highest BCUT2D eigenvalue weighted by Crippen LogP contribution is 2.46. The van der Waals surface area contributed by atoms with Crippen molar-refractivity contribution in [2.45, 2.75) is 87.3 Å². The Morgan fingerprint density at radius 2 is 1.66 bits per heavy atom. The summed E-state index contributed by atoms with van der Waals surface area (Å²) in [5.41, 5.74) is 18.5. The summed E-state index contributed by atoms with van der Waals surface area (Å²) in [6.07, 6.45) is 8.53. The molecule has 2 aromatic rings. The molecule has 1 aliphatic carbocycles. The van der Waals surface area contributed by atoms with Crippen LogP contribution >= 0.6 is 0 Å². The number of nitrogens with zero attached hydrogens (tertiary/aromatic N) is 3. The molecule has 294 valence electrons. The van der Waals surface area contributed by atoms with E-state index in [-0.39, 0.29) is 17.7 Å². The monoisotopic (exact) mass is 769 g/mol. The number of aryl methyl sites for hydroxylation is 1. The molecule has 6 aliphatic rings. The lowest BCUT2D eigenvalue weighted by molar-refractivity contribution is -0.121. The molecule has 5 aliphatic heterocycles. The molecular weight excluding hydrogens is 719 g/mol. The SMILES string of the molecule is CC#Cc1cccc(COCC2=C(C)C3=NC2=CC2=NC(=CC4=C(C)C5=C(O)CC(=C6NC(=C3)C(C)[C@@H]6CCC(=O)NCc3ccc(C)cc3)C5=N4)C(CC)=C2C)c1. The van der Waals surface area contributed by atoms with Gasteiger partial charge in [0.2, 0.25) is 5.91 Å². The fraction of sp³-hybridized carbons (Fsp3) is 0.320. The van der Waals surface area contributed by atoms with Crippen LogP contribution in [0.15, 0.2) is 155 Å². The second kappa shape index (κ2) is 16.1. The Labute approximate surface area is 342 Å². The molecule has 2 aromatic carbocycles. The summed E-state index contributed by atoms with van der Waals surface area (Å²) in [5, 5.41) is 18.4. The summed E-state index contributed by atoms with van der Waals surface area (Å²) in [6, 6.07) is 16.4. The van der Waals surface area contributed by atoms with Crippen molar-refractivity contribution in [3.05, 3.63) is 162 Å². The molecule has 58 heavy (non-hydrogen) atoms. The molecule has 8 rings (SSSR count). The van der Waals surface area contributed by atoms with Crippen LogP contribution in [0.1, 0.15) is 89.5 Å². The molecule has 1 unspecified atom stereocenters. The Bertz CT molecular complexity index is 2550. The molecule has 0 aromatic heterocycles. The predicted octanol–water partition coefficient (Wildman–Crippen LogP) is 9.65. The lowest BCUT2D eigenvalue weighted by Gasteiger charge is -2.18. The average molecular weight is 770 g/mol. The Kier molecular flexibility index (Phi) is 10.8. The third kappa shape index (κ3) is 7.43. The Morgan fingerprint density at radius 3 is 2.41 bits per heavy atom. The zero-order chi connectivity index (χ0) is 40.7. The maximum atomic E-state index is 13.3. The maximum Gasteiger partial charge on any atom is 0.220 e. The molecule has 5 heterocycles. The van der Waals surface area contributed by atoms with Crippen molar-refractivity contribution in [2.24, 2.45) is 26.8 Å². The number of amides is 1. The molecule has 0 radical (unpaired) electrons. The highest BCUT2D eigenvalue weighted by Gasteiger charge is 2.41. The second-order valence-electron chi connectivity index (χ2n) is 16.0. The van der Waals surface area contributed by atoms with Crippen LogP contribution in [-0.4, -0.2) is 34.8 Å². The zero-order valence-corrected chi connectivity index (χ0v) is 34.6. The summed E-state index contributed by atoms with van der Waals surface area (Å²) in [4.78, 5) is 29.0. The Balaban J connectivity index is 1.17. The maximum absolute atomic E-state index is 13.3. The van der Waals surface area contributed by atoms with Crippen LogP contribution in [0.2, 0.25) is 0 Å². The number of fused-ring (bicyclic) bond motifs is 5. The van der Waals surface area contributed by atoms with Crippen molar-refractivity contribution < 1.29 is 14.6 Å². The van der Waals surface area contributed by atoms with E-state index in [1.807, 2.05) is 26.0 Å². The van der Waals surface area contributed by atoms with Crippen LogP contribution in [0.25, 0.3) is 0 Å². The van der Waals surface area contributed by atoms with Gasteiger partial charge in [0, 0.05) is 64.9 Å². The minimum Gasteiger partial charge on any atom is -0.511 e. The first-order valence-corrected chi connectivity index (χ1v) is 20.4. The van der Waals surface area contributed by atoms with Gasteiger partial charge in [-0.05, 0) is 111 Å². The van der Waals surface area contributed by atoms with E-state index in [0.29, 0.717) is 44.8 Å². The number of rotatable bonds is 10. The third-order valence-corrected chi connectivity index (χ3v) is 12.2. The summed E-state index contributed by atoms with van der Waals surface area (Å²) < 4.78 is 6.41. The number of nitrogens with one attached hydrogen (secondary N) is 2. The van der Waals surface area contributed by atoms with Crippen LogP contribution in [0.3, 0.4) is 0 Å². The molecular formula is C50H51N5O3. The van der Waals surface area contributed by atoms with Gasteiger partial charge in [0.25, 0.3) is 0 Å². The largest absolute Gasteiger partial charge is 0.511 e. The van der Waals surface area contributed by atoms with Crippen molar-refractivity contribution in [1.82, 2.24) is 10.6 Å². The number of hydrogen-bond acceptors (Lipinski definition) is 7. The zero-order valence-electron chi connectivity index (χ0n) is 34.6. The first-order valence-electron chi connectivity index (χ1n) is 20.4. The number of carbonyl (C=O) groups excluding carboxylic acids is 1. The average Bonchev–Trinajstić information content (AvgIpc) is 3.96. The molecule has 8 bridgehead atoms. The fourth-order valence-corrected chi connectivity index (χ4v) is 8.78. The van der Waals surface area contributed by atoms with Crippen molar-refractivity contribution in [1.29, 1.82) is 0 Å². The van der Waals surface area contributed by atoms with Gasteiger partial charge in [-0.2, -0.15) is 0 Å². The van der Waals surface area contributed by atoms with Gasteiger partial charge in [-0.3, -0.25) is 4.79 Å². The van der Waals surface area contributed by atoms with Crippen LogP contribution in [0.5, 0.6) is 0 Å². The van der Waals surface area contributed by atoms with Gasteiger partial charge in [0.1, 0.15) is 5.76 Å². The molecule has 1 fully saturated rings. The van der Waals surface area contributed by atoms with Crippen LogP contribution < -0.4 is 10.6 Å². The normalized spacial score (nSPS) is 20.8. The first-order chi connectivity index (χ1) is 28.0. The van der Waals surface area contributed by atoms with Crippen LogP contribution in [0.4, 0.5) is 0 Å². The number of aliphatic hydroxyl groups is 1.